The minimum atomic E-state index is -0.147. The number of halogens is 1. The number of carbonyl (C=O) groups excluding carboxylic acids is 1. The van der Waals surface area contributed by atoms with Crippen LogP contribution in [-0.4, -0.2) is 21.2 Å². The van der Waals surface area contributed by atoms with Crippen LogP contribution in [0, 0.1) is 6.92 Å². The van der Waals surface area contributed by atoms with E-state index >= 15 is 0 Å². The zero-order chi connectivity index (χ0) is 22.9. The molecule has 0 atom stereocenters. The monoisotopic (exact) mass is 495 g/mol. The van der Waals surface area contributed by atoms with Gasteiger partial charge in [-0.2, -0.15) is 0 Å². The van der Waals surface area contributed by atoms with Gasteiger partial charge in [-0.25, -0.2) is 4.98 Å². The predicted molar refractivity (Wildman–Crippen MR) is 137 cm³/mol. The summed E-state index contributed by atoms with van der Waals surface area (Å²) >= 11 is 8.96. The van der Waals surface area contributed by atoms with Crippen LogP contribution in [0.3, 0.4) is 0 Å². The lowest BCUT2D eigenvalue weighted by Gasteiger charge is -2.14. The number of fused-ring (bicyclic) bond motifs is 3. The first-order valence-electron chi connectivity index (χ1n) is 10.8. The van der Waals surface area contributed by atoms with Gasteiger partial charge in [-0.3, -0.25) is 14.2 Å². The van der Waals surface area contributed by atoms with Crippen LogP contribution >= 0.6 is 34.7 Å². The molecule has 0 saturated heterocycles. The summed E-state index contributed by atoms with van der Waals surface area (Å²) in [4.78, 5) is 33.2. The summed E-state index contributed by atoms with van der Waals surface area (Å²) in [6.45, 7) is 2.00. The summed E-state index contributed by atoms with van der Waals surface area (Å²) in [5, 5.41) is 4.73. The van der Waals surface area contributed by atoms with Gasteiger partial charge in [0.1, 0.15) is 4.83 Å². The van der Waals surface area contributed by atoms with Crippen molar-refractivity contribution in [1.82, 2.24) is 9.55 Å². The lowest BCUT2D eigenvalue weighted by Crippen LogP contribution is -2.23. The Balaban J connectivity index is 1.51. The standard InChI is InChI=1S/C25H22ClN3O2S2/c1-15-6-10-17(11-7-15)27-21(30)14-32-25-28-23-22(19-4-2-3-5-20(19)33-23)24(31)29(25)18-12-8-16(26)9-13-18/h6-13H,2-5,14H2,1H3,(H,27,30). The largest absolute Gasteiger partial charge is 0.325 e. The van der Waals surface area contributed by atoms with Gasteiger partial charge in [0, 0.05) is 15.6 Å². The van der Waals surface area contributed by atoms with E-state index in [1.165, 1.54) is 16.6 Å². The smallest absolute Gasteiger partial charge is 0.267 e. The molecule has 0 unspecified atom stereocenters. The number of aromatic nitrogens is 2. The highest BCUT2D eigenvalue weighted by Gasteiger charge is 2.23. The Hall–Kier alpha value is -2.61. The van der Waals surface area contributed by atoms with Crippen LogP contribution in [0.15, 0.2) is 58.5 Å². The van der Waals surface area contributed by atoms with E-state index in [0.29, 0.717) is 15.9 Å². The van der Waals surface area contributed by atoms with Gasteiger partial charge in [-0.05, 0) is 74.6 Å². The lowest BCUT2D eigenvalue weighted by atomic mass is 9.97. The molecule has 4 aromatic rings. The minimum absolute atomic E-state index is 0.0804. The predicted octanol–water partition coefficient (Wildman–Crippen LogP) is 6.02. The topological polar surface area (TPSA) is 64.0 Å². The van der Waals surface area contributed by atoms with Crippen molar-refractivity contribution in [1.29, 1.82) is 0 Å². The quantitative estimate of drug-likeness (QED) is 0.271. The van der Waals surface area contributed by atoms with Crippen LogP contribution in [0.25, 0.3) is 15.9 Å². The molecule has 2 aromatic heterocycles. The fourth-order valence-electron chi connectivity index (χ4n) is 4.07. The summed E-state index contributed by atoms with van der Waals surface area (Å²) in [6.07, 6.45) is 4.15. The van der Waals surface area contributed by atoms with E-state index in [0.717, 1.165) is 52.7 Å². The number of nitrogens with one attached hydrogen (secondary N) is 1. The normalized spacial score (nSPS) is 13.2. The van der Waals surface area contributed by atoms with Crippen molar-refractivity contribution in [2.75, 3.05) is 11.1 Å². The number of nitrogens with zero attached hydrogens (tertiary/aromatic N) is 2. The van der Waals surface area contributed by atoms with Crippen molar-refractivity contribution in [3.05, 3.63) is 79.9 Å². The zero-order valence-corrected chi connectivity index (χ0v) is 20.4. The van der Waals surface area contributed by atoms with Crippen molar-refractivity contribution in [3.63, 3.8) is 0 Å². The summed E-state index contributed by atoms with van der Waals surface area (Å²) in [5.41, 5.74) is 3.63. The highest BCUT2D eigenvalue weighted by atomic mass is 35.5. The molecule has 1 N–H and O–H groups in total. The lowest BCUT2D eigenvalue weighted by molar-refractivity contribution is -0.113. The van der Waals surface area contributed by atoms with Gasteiger partial charge in [-0.1, -0.05) is 41.1 Å². The highest BCUT2D eigenvalue weighted by Crippen LogP contribution is 2.35. The fourth-order valence-corrected chi connectivity index (χ4v) is 6.31. The number of aryl methyl sites for hydroxylation is 3. The molecule has 1 amide bonds. The van der Waals surface area contributed by atoms with Crippen molar-refractivity contribution in [3.8, 4) is 5.69 Å². The SMILES string of the molecule is Cc1ccc(NC(=O)CSc2nc3sc4c(c3c(=O)n2-c2ccc(Cl)cc2)CCCC4)cc1. The van der Waals surface area contributed by atoms with E-state index < -0.39 is 0 Å². The first-order chi connectivity index (χ1) is 16.0. The number of amides is 1. The summed E-state index contributed by atoms with van der Waals surface area (Å²) in [5.74, 6) is -0.00356. The molecule has 8 heteroatoms. The first kappa shape index (κ1) is 22.2. The minimum Gasteiger partial charge on any atom is -0.325 e. The van der Waals surface area contributed by atoms with Crippen LogP contribution in [0.4, 0.5) is 5.69 Å². The maximum Gasteiger partial charge on any atom is 0.267 e. The Bertz CT molecular complexity index is 1390. The average molecular weight is 496 g/mol. The van der Waals surface area contributed by atoms with Crippen molar-refractivity contribution < 1.29 is 4.79 Å². The summed E-state index contributed by atoms with van der Waals surface area (Å²) in [7, 11) is 0. The molecule has 1 aliphatic rings. The van der Waals surface area contributed by atoms with Gasteiger partial charge >= 0.3 is 0 Å². The average Bonchev–Trinajstić information content (AvgIpc) is 3.19. The fraction of sp³-hybridized carbons (Fsp3) is 0.240. The molecule has 168 valence electrons. The van der Waals surface area contributed by atoms with Crippen molar-refractivity contribution in [2.45, 2.75) is 37.8 Å². The number of benzene rings is 2. The van der Waals surface area contributed by atoms with Gasteiger partial charge in [0.2, 0.25) is 5.91 Å². The summed E-state index contributed by atoms with van der Waals surface area (Å²) in [6, 6.07) is 14.8. The molecule has 5 rings (SSSR count). The van der Waals surface area contributed by atoms with Crippen LogP contribution in [0.5, 0.6) is 0 Å². The molecule has 0 fully saturated rings. The number of hydrogen-bond acceptors (Lipinski definition) is 5. The van der Waals surface area contributed by atoms with Gasteiger partial charge in [0.15, 0.2) is 5.16 Å². The van der Waals surface area contributed by atoms with Crippen LogP contribution in [0.2, 0.25) is 5.02 Å². The molecule has 33 heavy (non-hydrogen) atoms. The molecule has 0 aliphatic heterocycles. The molecular weight excluding hydrogens is 474 g/mol. The second kappa shape index (κ2) is 9.33. The molecule has 2 heterocycles. The van der Waals surface area contributed by atoms with Crippen LogP contribution < -0.4 is 10.9 Å². The van der Waals surface area contributed by atoms with Crippen molar-refractivity contribution >= 4 is 56.5 Å². The van der Waals surface area contributed by atoms with E-state index in [1.54, 1.807) is 28.0 Å². The molecule has 0 radical (unpaired) electrons. The van der Waals surface area contributed by atoms with E-state index in [4.69, 9.17) is 16.6 Å². The maximum absolute atomic E-state index is 13.7. The number of rotatable bonds is 5. The number of thiophene rings is 1. The third-order valence-corrected chi connectivity index (χ3v) is 8.09. The van der Waals surface area contributed by atoms with Gasteiger partial charge in [0.05, 0.1) is 16.8 Å². The zero-order valence-electron chi connectivity index (χ0n) is 18.1. The Kier molecular flexibility index (Phi) is 6.27. The third kappa shape index (κ3) is 4.58. The van der Waals surface area contributed by atoms with E-state index in [9.17, 15) is 9.59 Å². The molecule has 2 aromatic carbocycles. The summed E-state index contributed by atoms with van der Waals surface area (Å²) < 4.78 is 1.62. The molecule has 0 saturated carbocycles. The molecule has 1 aliphatic carbocycles. The second-order valence-electron chi connectivity index (χ2n) is 8.11. The maximum atomic E-state index is 13.7. The van der Waals surface area contributed by atoms with Gasteiger partial charge in [-0.15, -0.1) is 11.3 Å². The van der Waals surface area contributed by atoms with Crippen molar-refractivity contribution in [2.24, 2.45) is 0 Å². The Morgan fingerprint density at radius 2 is 1.85 bits per heavy atom. The van der Waals surface area contributed by atoms with E-state index in [2.05, 4.69) is 5.32 Å². The molecular formula is C25H22ClN3O2S2. The number of carbonyl (C=O) groups is 1. The Labute approximate surface area is 204 Å². The van der Waals surface area contributed by atoms with Crippen LogP contribution in [-0.2, 0) is 17.6 Å². The third-order valence-electron chi connectivity index (χ3n) is 5.71. The molecule has 5 nitrogen and oxygen atoms in total. The molecule has 0 bridgehead atoms. The Morgan fingerprint density at radius 3 is 2.61 bits per heavy atom. The number of anilines is 1. The van der Waals surface area contributed by atoms with Crippen LogP contribution in [0.1, 0.15) is 28.8 Å². The number of hydrogen-bond donors (Lipinski definition) is 1. The second-order valence-corrected chi connectivity index (χ2v) is 10.6. The Morgan fingerprint density at radius 1 is 1.12 bits per heavy atom. The van der Waals surface area contributed by atoms with E-state index in [1.807, 2.05) is 43.3 Å². The van der Waals surface area contributed by atoms with Gasteiger partial charge in [0.25, 0.3) is 5.56 Å². The van der Waals surface area contributed by atoms with E-state index in [-0.39, 0.29) is 17.2 Å². The highest BCUT2D eigenvalue weighted by molar-refractivity contribution is 7.99. The molecule has 0 spiro atoms. The first-order valence-corrected chi connectivity index (χ1v) is 13.0. The number of thioether (sulfide) groups is 1. The van der Waals surface area contributed by atoms with Gasteiger partial charge < -0.3 is 5.32 Å².